The molecule has 0 amide bonds. The van der Waals surface area contributed by atoms with Crippen LogP contribution >= 0.6 is 0 Å². The third-order valence-corrected chi connectivity index (χ3v) is 3.91. The van der Waals surface area contributed by atoms with Crippen molar-refractivity contribution in [3.05, 3.63) is 11.8 Å². The molecule has 0 aliphatic heterocycles. The zero-order valence-electron chi connectivity index (χ0n) is 11.4. The summed E-state index contributed by atoms with van der Waals surface area (Å²) < 4.78 is 31.2. The molecule has 0 saturated heterocycles. The Balaban J connectivity index is 2.46. The molecule has 3 N–H and O–H groups in total. The van der Waals surface area contributed by atoms with E-state index in [9.17, 15) is 13.2 Å². The lowest BCUT2D eigenvalue weighted by atomic mass is 10.1. The van der Waals surface area contributed by atoms with Crippen LogP contribution in [0.2, 0.25) is 0 Å². The lowest BCUT2D eigenvalue weighted by Crippen LogP contribution is -2.29. The van der Waals surface area contributed by atoms with Crippen molar-refractivity contribution in [2.75, 3.05) is 19.8 Å². The first-order chi connectivity index (χ1) is 9.34. The number of carbonyl (C=O) groups is 1. The molecular weight excluding hydrogens is 286 g/mol. The molecule has 0 aliphatic rings. The maximum Gasteiger partial charge on any atom is 0.340 e. The average Bonchev–Trinajstić information content (AvgIpc) is 2.83. The number of aromatic carboxylic acids is 1. The summed E-state index contributed by atoms with van der Waals surface area (Å²) in [5.74, 6) is -0.831. The molecule has 8 nitrogen and oxygen atoms in total. The molecule has 1 heterocycles. The van der Waals surface area contributed by atoms with Gasteiger partial charge < -0.3 is 9.84 Å². The van der Waals surface area contributed by atoms with Crippen LogP contribution in [0.4, 0.5) is 0 Å². The highest BCUT2D eigenvalue weighted by atomic mass is 32.2. The van der Waals surface area contributed by atoms with Gasteiger partial charge in [0.1, 0.15) is 5.56 Å². The van der Waals surface area contributed by atoms with E-state index in [4.69, 9.17) is 9.84 Å². The van der Waals surface area contributed by atoms with Gasteiger partial charge in [0.2, 0.25) is 0 Å². The van der Waals surface area contributed by atoms with Gasteiger partial charge in [0, 0.05) is 13.2 Å². The van der Waals surface area contributed by atoms with E-state index < -0.39 is 26.6 Å². The Morgan fingerprint density at radius 1 is 1.50 bits per heavy atom. The molecule has 0 unspecified atom stereocenters. The smallest absolute Gasteiger partial charge is 0.340 e. The number of hydrogen-bond donors (Lipinski definition) is 3. The molecule has 1 aromatic rings. The zero-order chi connectivity index (χ0) is 15.2. The number of carboxylic acid groups (broad SMARTS) is 1. The lowest BCUT2D eigenvalue weighted by Gasteiger charge is -2.08. The molecule has 0 spiro atoms. The van der Waals surface area contributed by atoms with Crippen LogP contribution in [-0.4, -0.2) is 49.4 Å². The van der Waals surface area contributed by atoms with Crippen molar-refractivity contribution in [3.63, 3.8) is 0 Å². The molecule has 114 valence electrons. The maximum atomic E-state index is 11.9. The number of nitrogens with one attached hydrogen (secondary N) is 2. The fourth-order valence-electron chi connectivity index (χ4n) is 1.37. The Bertz CT molecular complexity index is 538. The number of hydrogen-bond acceptors (Lipinski definition) is 5. The minimum Gasteiger partial charge on any atom is -0.478 e. The largest absolute Gasteiger partial charge is 0.478 e. The second-order valence-corrected chi connectivity index (χ2v) is 6.31. The topological polar surface area (TPSA) is 121 Å². The Labute approximate surface area is 117 Å². The Kier molecular flexibility index (Phi) is 6.11. The molecule has 0 saturated carbocycles. The van der Waals surface area contributed by atoms with E-state index >= 15 is 0 Å². The van der Waals surface area contributed by atoms with Crippen LogP contribution < -0.4 is 4.72 Å². The molecule has 1 aromatic heterocycles. The number of carboxylic acids is 1. The van der Waals surface area contributed by atoms with Crippen molar-refractivity contribution in [1.29, 1.82) is 0 Å². The van der Waals surface area contributed by atoms with Gasteiger partial charge in [-0.1, -0.05) is 13.8 Å². The predicted octanol–water partition coefficient (Wildman–Crippen LogP) is 0.449. The van der Waals surface area contributed by atoms with E-state index in [-0.39, 0.29) is 13.2 Å². The first kappa shape index (κ1) is 16.6. The van der Waals surface area contributed by atoms with Crippen LogP contribution in [0.3, 0.4) is 0 Å². The predicted molar refractivity (Wildman–Crippen MR) is 71.0 cm³/mol. The molecule has 1 rings (SSSR count). The SMILES string of the molecule is CC(C)CCOCCNS(=O)(=O)c1[nH]ncc1C(=O)O. The van der Waals surface area contributed by atoms with E-state index in [1.165, 1.54) is 0 Å². The van der Waals surface area contributed by atoms with Crippen molar-refractivity contribution >= 4 is 16.0 Å². The number of sulfonamides is 1. The average molecular weight is 305 g/mol. The van der Waals surface area contributed by atoms with Gasteiger partial charge in [-0.25, -0.2) is 17.9 Å². The third-order valence-electron chi connectivity index (χ3n) is 2.48. The molecule has 9 heteroatoms. The molecule has 0 bridgehead atoms. The van der Waals surface area contributed by atoms with Crippen LogP contribution in [0.1, 0.15) is 30.6 Å². The number of nitrogens with zero attached hydrogens (tertiary/aromatic N) is 1. The summed E-state index contributed by atoms with van der Waals surface area (Å²) in [5.41, 5.74) is -0.391. The molecular formula is C11H19N3O5S. The van der Waals surface area contributed by atoms with Crippen LogP contribution in [-0.2, 0) is 14.8 Å². The number of ether oxygens (including phenoxy) is 1. The van der Waals surface area contributed by atoms with Gasteiger partial charge in [0.15, 0.2) is 5.03 Å². The molecule has 0 atom stereocenters. The number of aromatic amines is 1. The molecule has 20 heavy (non-hydrogen) atoms. The second-order valence-electron chi connectivity index (χ2n) is 4.61. The lowest BCUT2D eigenvalue weighted by molar-refractivity contribution is 0.0692. The highest BCUT2D eigenvalue weighted by molar-refractivity contribution is 7.89. The summed E-state index contributed by atoms with van der Waals surface area (Å²) in [5, 5.41) is 14.0. The summed E-state index contributed by atoms with van der Waals surface area (Å²) in [4.78, 5) is 10.8. The molecule has 0 aliphatic carbocycles. The van der Waals surface area contributed by atoms with E-state index in [1.54, 1.807) is 0 Å². The molecule has 0 radical (unpaired) electrons. The van der Waals surface area contributed by atoms with Crippen LogP contribution in [0.25, 0.3) is 0 Å². The van der Waals surface area contributed by atoms with Crippen molar-refractivity contribution < 1.29 is 23.1 Å². The van der Waals surface area contributed by atoms with Gasteiger partial charge in [-0.05, 0) is 12.3 Å². The Morgan fingerprint density at radius 2 is 2.20 bits per heavy atom. The third kappa shape index (κ3) is 4.91. The molecule has 0 fully saturated rings. The van der Waals surface area contributed by atoms with E-state index in [2.05, 4.69) is 28.8 Å². The highest BCUT2D eigenvalue weighted by Crippen LogP contribution is 2.11. The normalized spacial score (nSPS) is 11.9. The quantitative estimate of drug-likeness (QED) is 0.569. The summed E-state index contributed by atoms with van der Waals surface area (Å²) >= 11 is 0. The Hall–Kier alpha value is -1.45. The number of H-pyrrole nitrogens is 1. The van der Waals surface area contributed by atoms with Crippen LogP contribution in [0.5, 0.6) is 0 Å². The summed E-state index contributed by atoms with van der Waals surface area (Å²) in [6.45, 7) is 4.99. The summed E-state index contributed by atoms with van der Waals surface area (Å²) in [6.07, 6.45) is 1.85. The number of rotatable bonds is 9. The van der Waals surface area contributed by atoms with E-state index in [1.807, 2.05) is 0 Å². The minimum atomic E-state index is -3.93. The second kappa shape index (κ2) is 7.36. The number of aromatic nitrogens is 2. The zero-order valence-corrected chi connectivity index (χ0v) is 12.2. The van der Waals surface area contributed by atoms with Crippen molar-refractivity contribution in [3.8, 4) is 0 Å². The fraction of sp³-hybridized carbons (Fsp3) is 0.636. The van der Waals surface area contributed by atoms with Crippen molar-refractivity contribution in [1.82, 2.24) is 14.9 Å². The standard InChI is InChI=1S/C11H19N3O5S/c1-8(2)3-5-19-6-4-13-20(17,18)10-9(11(15)16)7-12-14-10/h7-8,13H,3-6H2,1-2H3,(H,12,14)(H,15,16). The van der Waals surface area contributed by atoms with Gasteiger partial charge in [0.25, 0.3) is 10.0 Å². The summed E-state index contributed by atoms with van der Waals surface area (Å²) in [7, 11) is -3.93. The molecule has 0 aromatic carbocycles. The van der Waals surface area contributed by atoms with Gasteiger partial charge in [0.05, 0.1) is 12.8 Å². The Morgan fingerprint density at radius 3 is 2.80 bits per heavy atom. The minimum absolute atomic E-state index is 0.0680. The van der Waals surface area contributed by atoms with E-state index in [0.29, 0.717) is 12.5 Å². The maximum absolute atomic E-state index is 11.9. The van der Waals surface area contributed by atoms with Crippen LogP contribution in [0.15, 0.2) is 11.2 Å². The van der Waals surface area contributed by atoms with E-state index in [0.717, 1.165) is 12.6 Å². The van der Waals surface area contributed by atoms with Crippen molar-refractivity contribution in [2.24, 2.45) is 5.92 Å². The van der Waals surface area contributed by atoms with Crippen molar-refractivity contribution in [2.45, 2.75) is 25.3 Å². The first-order valence-electron chi connectivity index (χ1n) is 6.18. The summed E-state index contributed by atoms with van der Waals surface area (Å²) in [6, 6.07) is 0. The van der Waals surface area contributed by atoms with Crippen LogP contribution in [0, 0.1) is 5.92 Å². The fourth-order valence-corrected chi connectivity index (χ4v) is 2.47. The highest BCUT2D eigenvalue weighted by Gasteiger charge is 2.24. The van der Waals surface area contributed by atoms with Gasteiger partial charge in [-0.3, -0.25) is 5.10 Å². The first-order valence-corrected chi connectivity index (χ1v) is 7.67. The van der Waals surface area contributed by atoms with Gasteiger partial charge in [-0.2, -0.15) is 5.10 Å². The monoisotopic (exact) mass is 305 g/mol. The van der Waals surface area contributed by atoms with Gasteiger partial charge in [-0.15, -0.1) is 0 Å². The van der Waals surface area contributed by atoms with Gasteiger partial charge >= 0.3 is 5.97 Å².